The van der Waals surface area contributed by atoms with Crippen LogP contribution in [-0.2, 0) is 6.54 Å². The molecule has 1 aromatic carbocycles. The van der Waals surface area contributed by atoms with Crippen LogP contribution in [0.2, 0.25) is 0 Å². The van der Waals surface area contributed by atoms with Crippen LogP contribution >= 0.6 is 0 Å². The van der Waals surface area contributed by atoms with E-state index < -0.39 is 18.1 Å². The van der Waals surface area contributed by atoms with Crippen LogP contribution in [0.1, 0.15) is 21.5 Å². The fraction of sp³-hybridized carbons (Fsp3) is 0.200. The van der Waals surface area contributed by atoms with Gasteiger partial charge in [-0.25, -0.2) is 4.79 Å². The normalized spacial score (nSPS) is 10.1. The van der Waals surface area contributed by atoms with Crippen molar-refractivity contribution in [2.24, 2.45) is 5.73 Å². The molecule has 1 rings (SSSR count). The first kappa shape index (κ1) is 12.9. The number of nitriles is 1. The number of hydrogen-bond acceptors (Lipinski definition) is 4. The number of ether oxygens (including phenoxy) is 1. The minimum Gasteiger partial charge on any atom is -0.478 e. The number of aromatic carboxylic acids is 1. The molecule has 0 saturated heterocycles. The molecule has 0 atom stereocenters. The molecule has 0 spiro atoms. The smallest absolute Gasteiger partial charge is 0.387 e. The van der Waals surface area contributed by atoms with Gasteiger partial charge in [-0.2, -0.15) is 14.0 Å². The summed E-state index contributed by atoms with van der Waals surface area (Å²) in [6.07, 6.45) is 0. The minimum absolute atomic E-state index is 0.128. The molecule has 0 unspecified atom stereocenters. The average molecular weight is 242 g/mol. The maximum Gasteiger partial charge on any atom is 0.387 e. The Kier molecular flexibility index (Phi) is 3.96. The Labute approximate surface area is 95.0 Å². The standard InChI is InChI=1S/C10H8F2N2O3/c11-10(12)17-7-2-1-5(3-13)8(9(15)16)6(7)4-14/h1-2,10H,4,14H2,(H,15,16). The van der Waals surface area contributed by atoms with Crippen molar-refractivity contribution < 1.29 is 23.4 Å². The van der Waals surface area contributed by atoms with Gasteiger partial charge in [-0.05, 0) is 12.1 Å². The molecular formula is C10H8F2N2O3. The lowest BCUT2D eigenvalue weighted by molar-refractivity contribution is -0.0505. The molecule has 0 fully saturated rings. The molecule has 0 amide bonds. The second kappa shape index (κ2) is 5.23. The molecule has 3 N–H and O–H groups in total. The summed E-state index contributed by atoms with van der Waals surface area (Å²) < 4.78 is 28.3. The first-order chi connectivity index (χ1) is 8.01. The van der Waals surface area contributed by atoms with Gasteiger partial charge in [0.05, 0.1) is 11.1 Å². The Morgan fingerprint density at radius 3 is 2.65 bits per heavy atom. The lowest BCUT2D eigenvalue weighted by Crippen LogP contribution is -2.13. The number of carbonyl (C=O) groups is 1. The predicted octanol–water partition coefficient (Wildman–Crippen LogP) is 1.32. The van der Waals surface area contributed by atoms with E-state index in [0.717, 1.165) is 12.1 Å². The van der Waals surface area contributed by atoms with Crippen molar-refractivity contribution >= 4 is 5.97 Å². The molecule has 0 heterocycles. The third-order valence-electron chi connectivity index (χ3n) is 2.02. The highest BCUT2D eigenvalue weighted by Crippen LogP contribution is 2.26. The Balaban J connectivity index is 3.42. The highest BCUT2D eigenvalue weighted by molar-refractivity contribution is 5.93. The summed E-state index contributed by atoms with van der Waals surface area (Å²) in [6.45, 7) is -3.41. The van der Waals surface area contributed by atoms with E-state index in [1.165, 1.54) is 0 Å². The topological polar surface area (TPSA) is 96.3 Å². The molecule has 0 aliphatic rings. The molecule has 0 aliphatic carbocycles. The van der Waals surface area contributed by atoms with E-state index in [1.807, 2.05) is 0 Å². The second-order valence-corrected chi connectivity index (χ2v) is 2.96. The fourth-order valence-electron chi connectivity index (χ4n) is 1.38. The molecule has 90 valence electrons. The van der Waals surface area contributed by atoms with E-state index in [1.54, 1.807) is 6.07 Å². The average Bonchev–Trinajstić information content (AvgIpc) is 2.27. The zero-order chi connectivity index (χ0) is 13.0. The van der Waals surface area contributed by atoms with Gasteiger partial charge in [0.1, 0.15) is 11.8 Å². The van der Waals surface area contributed by atoms with Gasteiger partial charge >= 0.3 is 12.6 Å². The highest BCUT2D eigenvalue weighted by atomic mass is 19.3. The number of nitrogens with two attached hydrogens (primary N) is 1. The highest BCUT2D eigenvalue weighted by Gasteiger charge is 2.20. The molecule has 5 nitrogen and oxygen atoms in total. The maximum absolute atomic E-state index is 12.1. The minimum atomic E-state index is -3.09. The first-order valence-corrected chi connectivity index (χ1v) is 4.45. The summed E-state index contributed by atoms with van der Waals surface area (Å²) >= 11 is 0. The molecule has 0 bridgehead atoms. The zero-order valence-electron chi connectivity index (χ0n) is 8.48. The van der Waals surface area contributed by atoms with Crippen LogP contribution in [-0.4, -0.2) is 17.7 Å². The number of rotatable bonds is 4. The van der Waals surface area contributed by atoms with Crippen molar-refractivity contribution in [2.75, 3.05) is 0 Å². The summed E-state index contributed by atoms with van der Waals surface area (Å²) in [4.78, 5) is 10.9. The molecule has 0 aromatic heterocycles. The molecule has 17 heavy (non-hydrogen) atoms. The Bertz CT molecular complexity index is 483. The Hall–Kier alpha value is -2.20. The third kappa shape index (κ3) is 2.68. The van der Waals surface area contributed by atoms with Crippen LogP contribution in [0.15, 0.2) is 12.1 Å². The molecule has 0 radical (unpaired) electrons. The van der Waals surface area contributed by atoms with Gasteiger partial charge in [-0.15, -0.1) is 0 Å². The van der Waals surface area contributed by atoms with Gasteiger partial charge in [0.15, 0.2) is 0 Å². The van der Waals surface area contributed by atoms with E-state index in [4.69, 9.17) is 16.1 Å². The number of alkyl halides is 2. The number of benzene rings is 1. The Morgan fingerprint density at radius 1 is 1.59 bits per heavy atom. The van der Waals surface area contributed by atoms with Crippen molar-refractivity contribution in [2.45, 2.75) is 13.2 Å². The monoisotopic (exact) mass is 242 g/mol. The lowest BCUT2D eigenvalue weighted by atomic mass is 10.0. The molecule has 1 aromatic rings. The largest absolute Gasteiger partial charge is 0.478 e. The fourth-order valence-corrected chi connectivity index (χ4v) is 1.38. The number of halogens is 2. The van der Waals surface area contributed by atoms with Gasteiger partial charge in [-0.1, -0.05) is 0 Å². The Morgan fingerprint density at radius 2 is 2.24 bits per heavy atom. The first-order valence-electron chi connectivity index (χ1n) is 4.45. The quantitative estimate of drug-likeness (QED) is 0.829. The number of carboxylic acids is 1. The third-order valence-corrected chi connectivity index (χ3v) is 2.02. The van der Waals surface area contributed by atoms with Crippen molar-refractivity contribution in [3.63, 3.8) is 0 Å². The van der Waals surface area contributed by atoms with Gasteiger partial charge in [0.2, 0.25) is 0 Å². The van der Waals surface area contributed by atoms with E-state index >= 15 is 0 Å². The van der Waals surface area contributed by atoms with E-state index in [-0.39, 0.29) is 23.4 Å². The summed E-state index contributed by atoms with van der Waals surface area (Å²) in [5, 5.41) is 17.6. The van der Waals surface area contributed by atoms with Crippen LogP contribution in [0, 0.1) is 11.3 Å². The van der Waals surface area contributed by atoms with Gasteiger partial charge in [0, 0.05) is 12.1 Å². The summed E-state index contributed by atoms with van der Waals surface area (Å²) in [5.74, 6) is -1.75. The molecule has 0 saturated carbocycles. The summed E-state index contributed by atoms with van der Waals surface area (Å²) in [5.41, 5.74) is 4.60. The SMILES string of the molecule is N#Cc1ccc(OC(F)F)c(CN)c1C(=O)O. The molecular weight excluding hydrogens is 234 g/mol. The van der Waals surface area contributed by atoms with Crippen LogP contribution in [0.4, 0.5) is 8.78 Å². The van der Waals surface area contributed by atoms with Gasteiger partial charge in [-0.3, -0.25) is 0 Å². The van der Waals surface area contributed by atoms with Crippen LogP contribution in [0.3, 0.4) is 0 Å². The lowest BCUT2D eigenvalue weighted by Gasteiger charge is -2.12. The van der Waals surface area contributed by atoms with E-state index in [0.29, 0.717) is 0 Å². The van der Waals surface area contributed by atoms with Crippen molar-refractivity contribution in [1.29, 1.82) is 5.26 Å². The molecule has 0 aliphatic heterocycles. The summed E-state index contributed by atoms with van der Waals surface area (Å²) in [6, 6.07) is 3.85. The number of hydrogen-bond donors (Lipinski definition) is 2. The van der Waals surface area contributed by atoms with Gasteiger partial charge in [0.25, 0.3) is 0 Å². The number of nitrogens with zero attached hydrogens (tertiary/aromatic N) is 1. The van der Waals surface area contributed by atoms with Gasteiger partial charge < -0.3 is 15.6 Å². The van der Waals surface area contributed by atoms with Crippen LogP contribution in [0.25, 0.3) is 0 Å². The van der Waals surface area contributed by atoms with Crippen molar-refractivity contribution in [3.05, 3.63) is 28.8 Å². The second-order valence-electron chi connectivity index (χ2n) is 2.96. The zero-order valence-corrected chi connectivity index (χ0v) is 8.48. The summed E-state index contributed by atoms with van der Waals surface area (Å²) in [7, 11) is 0. The maximum atomic E-state index is 12.1. The van der Waals surface area contributed by atoms with Crippen LogP contribution < -0.4 is 10.5 Å². The van der Waals surface area contributed by atoms with Crippen molar-refractivity contribution in [1.82, 2.24) is 0 Å². The van der Waals surface area contributed by atoms with Crippen molar-refractivity contribution in [3.8, 4) is 11.8 Å². The number of carboxylic acid groups (broad SMARTS) is 1. The van der Waals surface area contributed by atoms with E-state index in [2.05, 4.69) is 4.74 Å². The van der Waals surface area contributed by atoms with Crippen LogP contribution in [0.5, 0.6) is 5.75 Å². The predicted molar refractivity (Wildman–Crippen MR) is 52.6 cm³/mol. The molecule has 7 heteroatoms. The van der Waals surface area contributed by atoms with E-state index in [9.17, 15) is 13.6 Å².